The van der Waals surface area contributed by atoms with E-state index in [1.54, 1.807) is 60.0 Å². The summed E-state index contributed by atoms with van der Waals surface area (Å²) in [6, 6.07) is 11.9. The molecule has 4 nitrogen and oxygen atoms in total. The van der Waals surface area contributed by atoms with E-state index in [1.165, 1.54) is 0 Å². The van der Waals surface area contributed by atoms with Crippen molar-refractivity contribution in [3.63, 3.8) is 0 Å². The lowest BCUT2D eigenvalue weighted by molar-refractivity contribution is 0.0529. The molecular weight excluding hydrogens is 394 g/mol. The number of esters is 1. The maximum atomic E-state index is 12.8. The number of aromatic nitrogens is 1. The normalized spacial score (nSPS) is 10.8. The third-order valence-electron chi connectivity index (χ3n) is 3.57. The highest BCUT2D eigenvalue weighted by Gasteiger charge is 2.21. The maximum absolute atomic E-state index is 12.8. The molecule has 0 amide bonds. The van der Waals surface area contributed by atoms with Gasteiger partial charge in [0.25, 0.3) is 0 Å². The monoisotopic (exact) mass is 405 g/mol. The molecule has 0 N–H and O–H groups in total. The smallest absolute Gasteiger partial charge is 0.340 e. The first-order chi connectivity index (χ1) is 11.5. The van der Waals surface area contributed by atoms with Gasteiger partial charge in [-0.05, 0) is 49.4 Å². The molecule has 0 spiro atoms. The minimum absolute atomic E-state index is 0.185. The quantitative estimate of drug-likeness (QED) is 0.463. The highest BCUT2D eigenvalue weighted by atomic mass is 79.9. The number of fused-ring (bicyclic) bond motifs is 1. The van der Waals surface area contributed by atoms with Gasteiger partial charge >= 0.3 is 5.97 Å². The molecule has 3 aromatic rings. The van der Waals surface area contributed by atoms with E-state index in [4.69, 9.17) is 16.3 Å². The topological polar surface area (TPSA) is 47.8 Å². The Morgan fingerprint density at radius 1 is 1.17 bits per heavy atom. The zero-order valence-corrected chi connectivity index (χ0v) is 15.1. The van der Waals surface area contributed by atoms with Crippen molar-refractivity contribution in [2.75, 3.05) is 6.61 Å². The number of pyridine rings is 1. The van der Waals surface area contributed by atoms with Crippen LogP contribution in [0.2, 0.25) is 5.02 Å². The minimum Gasteiger partial charge on any atom is -0.462 e. The number of ether oxygens (including phenoxy) is 1. The van der Waals surface area contributed by atoms with E-state index in [2.05, 4.69) is 15.9 Å². The Hall–Kier alpha value is -2.11. The highest BCUT2D eigenvalue weighted by Crippen LogP contribution is 2.24. The minimum atomic E-state index is -0.480. The number of benzene rings is 1. The zero-order valence-electron chi connectivity index (χ0n) is 12.8. The van der Waals surface area contributed by atoms with Crippen molar-refractivity contribution in [2.45, 2.75) is 6.92 Å². The molecule has 6 heteroatoms. The number of hydrogen-bond donors (Lipinski definition) is 0. The van der Waals surface area contributed by atoms with Crippen LogP contribution in [0.1, 0.15) is 33.3 Å². The van der Waals surface area contributed by atoms with Crippen molar-refractivity contribution in [1.29, 1.82) is 0 Å². The summed E-state index contributed by atoms with van der Waals surface area (Å²) < 4.78 is 7.62. The Labute approximate surface area is 152 Å². The van der Waals surface area contributed by atoms with Crippen molar-refractivity contribution < 1.29 is 14.3 Å². The van der Waals surface area contributed by atoms with Crippen LogP contribution >= 0.6 is 27.5 Å². The van der Waals surface area contributed by atoms with Gasteiger partial charge in [0, 0.05) is 21.3 Å². The van der Waals surface area contributed by atoms with Crippen LogP contribution in [0.15, 0.2) is 53.1 Å². The average Bonchev–Trinajstić information content (AvgIpc) is 2.94. The number of carbonyl (C=O) groups is 2. The first-order valence-corrected chi connectivity index (χ1v) is 8.46. The van der Waals surface area contributed by atoms with Gasteiger partial charge in [-0.3, -0.25) is 4.79 Å². The van der Waals surface area contributed by atoms with E-state index in [9.17, 15) is 9.59 Å². The van der Waals surface area contributed by atoms with Gasteiger partial charge in [-0.2, -0.15) is 0 Å². The molecule has 2 heterocycles. The Balaban J connectivity index is 2.15. The number of carbonyl (C=O) groups excluding carboxylic acids is 2. The predicted octanol–water partition coefficient (Wildman–Crippen LogP) is 4.76. The second-order valence-electron chi connectivity index (χ2n) is 5.10. The molecule has 24 heavy (non-hydrogen) atoms. The summed E-state index contributed by atoms with van der Waals surface area (Å²) in [5.41, 5.74) is 1.77. The molecule has 0 aliphatic rings. The van der Waals surface area contributed by atoms with E-state index >= 15 is 0 Å². The van der Waals surface area contributed by atoms with Gasteiger partial charge < -0.3 is 9.14 Å². The molecule has 0 atom stereocenters. The van der Waals surface area contributed by atoms with Crippen LogP contribution in [-0.2, 0) is 4.74 Å². The SMILES string of the molecule is CCOC(=O)c1cc(C(=O)c2ccc(Br)cc2)n2ccc(Cl)cc12. The van der Waals surface area contributed by atoms with E-state index < -0.39 is 5.97 Å². The van der Waals surface area contributed by atoms with E-state index in [0.29, 0.717) is 27.4 Å². The number of nitrogens with zero attached hydrogens (tertiary/aromatic N) is 1. The van der Waals surface area contributed by atoms with Gasteiger partial charge in [0.2, 0.25) is 5.78 Å². The van der Waals surface area contributed by atoms with Crippen molar-refractivity contribution in [3.8, 4) is 0 Å². The Morgan fingerprint density at radius 3 is 2.54 bits per heavy atom. The number of halogens is 2. The summed E-state index contributed by atoms with van der Waals surface area (Å²) in [6.07, 6.45) is 1.67. The van der Waals surface area contributed by atoms with Gasteiger partial charge in [-0.25, -0.2) is 4.79 Å². The van der Waals surface area contributed by atoms with Crippen molar-refractivity contribution >= 4 is 44.8 Å². The maximum Gasteiger partial charge on any atom is 0.340 e. The van der Waals surface area contributed by atoms with Crippen LogP contribution in [0, 0.1) is 0 Å². The van der Waals surface area contributed by atoms with E-state index in [1.807, 2.05) is 0 Å². The largest absolute Gasteiger partial charge is 0.462 e. The Morgan fingerprint density at radius 2 is 1.88 bits per heavy atom. The summed E-state index contributed by atoms with van der Waals surface area (Å²) in [7, 11) is 0. The Bertz CT molecular complexity index is 931. The van der Waals surface area contributed by atoms with Crippen LogP contribution in [0.4, 0.5) is 0 Å². The highest BCUT2D eigenvalue weighted by molar-refractivity contribution is 9.10. The lowest BCUT2D eigenvalue weighted by Gasteiger charge is -2.03. The van der Waals surface area contributed by atoms with Crippen LogP contribution in [0.5, 0.6) is 0 Å². The molecule has 0 bridgehead atoms. The molecular formula is C18H13BrClNO3. The Kier molecular flexibility index (Phi) is 4.73. The molecule has 3 rings (SSSR count). The molecule has 0 fully saturated rings. The van der Waals surface area contributed by atoms with Crippen molar-refractivity contribution in [2.24, 2.45) is 0 Å². The molecule has 0 radical (unpaired) electrons. The molecule has 122 valence electrons. The van der Waals surface area contributed by atoms with E-state index in [-0.39, 0.29) is 12.4 Å². The second kappa shape index (κ2) is 6.79. The lowest BCUT2D eigenvalue weighted by Crippen LogP contribution is -2.04. The van der Waals surface area contributed by atoms with Gasteiger partial charge in [0.05, 0.1) is 23.4 Å². The molecule has 2 aromatic heterocycles. The second-order valence-corrected chi connectivity index (χ2v) is 6.45. The van der Waals surface area contributed by atoms with Crippen LogP contribution in [-0.4, -0.2) is 22.8 Å². The number of rotatable bonds is 4. The molecule has 0 aliphatic heterocycles. The molecule has 0 aliphatic carbocycles. The fourth-order valence-electron chi connectivity index (χ4n) is 2.47. The van der Waals surface area contributed by atoms with Crippen molar-refractivity contribution in [1.82, 2.24) is 4.40 Å². The summed E-state index contributed by atoms with van der Waals surface area (Å²) in [5.74, 6) is -0.664. The molecule has 0 saturated heterocycles. The first kappa shape index (κ1) is 16.7. The average molecular weight is 407 g/mol. The van der Waals surface area contributed by atoms with Crippen molar-refractivity contribution in [3.05, 3.63) is 75.0 Å². The fraction of sp³-hybridized carbons (Fsp3) is 0.111. The number of hydrogen-bond acceptors (Lipinski definition) is 3. The standard InChI is InChI=1S/C18H13BrClNO3/c1-2-24-18(23)14-10-16(21-8-7-13(20)9-15(14)21)17(22)11-3-5-12(19)6-4-11/h3-10H,2H2,1H3. The lowest BCUT2D eigenvalue weighted by atomic mass is 10.1. The summed E-state index contributed by atoms with van der Waals surface area (Å²) in [6.45, 7) is 1.99. The summed E-state index contributed by atoms with van der Waals surface area (Å²) in [5, 5.41) is 0.480. The van der Waals surface area contributed by atoms with Crippen LogP contribution in [0.3, 0.4) is 0 Å². The summed E-state index contributed by atoms with van der Waals surface area (Å²) in [4.78, 5) is 25.0. The molecule has 0 unspecified atom stereocenters. The van der Waals surface area contributed by atoms with Gasteiger partial charge in [0.15, 0.2) is 0 Å². The van der Waals surface area contributed by atoms with Gasteiger partial charge in [-0.1, -0.05) is 27.5 Å². The number of ketones is 1. The summed E-state index contributed by atoms with van der Waals surface area (Å²) >= 11 is 9.39. The van der Waals surface area contributed by atoms with E-state index in [0.717, 1.165) is 4.47 Å². The zero-order chi connectivity index (χ0) is 17.3. The molecule has 0 saturated carbocycles. The third kappa shape index (κ3) is 3.09. The predicted molar refractivity (Wildman–Crippen MR) is 95.9 cm³/mol. The van der Waals surface area contributed by atoms with Gasteiger partial charge in [-0.15, -0.1) is 0 Å². The first-order valence-electron chi connectivity index (χ1n) is 7.29. The van der Waals surface area contributed by atoms with Crippen LogP contribution in [0.25, 0.3) is 5.52 Å². The fourth-order valence-corrected chi connectivity index (χ4v) is 2.89. The third-order valence-corrected chi connectivity index (χ3v) is 4.33. The van der Waals surface area contributed by atoms with Crippen LogP contribution < -0.4 is 0 Å². The van der Waals surface area contributed by atoms with Gasteiger partial charge in [0.1, 0.15) is 0 Å². The molecule has 1 aromatic carbocycles.